The molecule has 0 amide bonds. The summed E-state index contributed by atoms with van der Waals surface area (Å²) in [4.78, 5) is 12.3. The molecule has 0 aromatic heterocycles. The first-order valence-electron chi connectivity index (χ1n) is 6.51. The van der Waals surface area contributed by atoms with Crippen molar-refractivity contribution in [2.24, 2.45) is 0 Å². The van der Waals surface area contributed by atoms with Crippen molar-refractivity contribution in [3.8, 4) is 0 Å². The predicted octanol–water partition coefficient (Wildman–Crippen LogP) is 4.56. The number of fused-ring (bicyclic) bond motifs is 1. The van der Waals surface area contributed by atoms with Crippen molar-refractivity contribution >= 4 is 17.4 Å². The van der Waals surface area contributed by atoms with E-state index in [1.54, 1.807) is 6.07 Å². The highest BCUT2D eigenvalue weighted by Crippen LogP contribution is 2.38. The van der Waals surface area contributed by atoms with Gasteiger partial charge in [-0.3, -0.25) is 4.79 Å². The molecule has 19 heavy (non-hydrogen) atoms. The average Bonchev–Trinajstić information content (AvgIpc) is 2.34. The first kappa shape index (κ1) is 12.4. The van der Waals surface area contributed by atoms with Gasteiger partial charge in [0.1, 0.15) is 0 Å². The molecule has 0 heterocycles. The molecule has 2 aromatic rings. The lowest BCUT2D eigenvalue weighted by atomic mass is 9.74. The number of benzene rings is 2. The fraction of sp³-hybridized carbons (Fsp3) is 0.235. The Bertz CT molecular complexity index is 625. The summed E-state index contributed by atoms with van der Waals surface area (Å²) in [5.41, 5.74) is 4.47. The zero-order chi connectivity index (χ0) is 13.4. The molecular weight excluding hydrogens is 256 g/mol. The molecule has 2 aromatic carbocycles. The SMILES string of the molecule is Cc1cc(Cl)cc(C(=O)CC2Cc3ccccc32)c1. The van der Waals surface area contributed by atoms with Gasteiger partial charge in [0.15, 0.2) is 5.78 Å². The second kappa shape index (κ2) is 4.82. The molecule has 1 atom stereocenters. The van der Waals surface area contributed by atoms with E-state index in [1.807, 2.05) is 25.1 Å². The quantitative estimate of drug-likeness (QED) is 0.747. The molecule has 1 aliphatic carbocycles. The second-order valence-electron chi connectivity index (χ2n) is 5.24. The fourth-order valence-corrected chi connectivity index (χ4v) is 3.07. The highest BCUT2D eigenvalue weighted by molar-refractivity contribution is 6.31. The van der Waals surface area contributed by atoms with Crippen molar-refractivity contribution in [3.63, 3.8) is 0 Å². The van der Waals surface area contributed by atoms with Crippen LogP contribution in [0.25, 0.3) is 0 Å². The highest BCUT2D eigenvalue weighted by Gasteiger charge is 2.27. The lowest BCUT2D eigenvalue weighted by Gasteiger charge is -2.29. The maximum absolute atomic E-state index is 12.3. The van der Waals surface area contributed by atoms with E-state index in [-0.39, 0.29) is 5.78 Å². The number of carbonyl (C=O) groups excluding carboxylic acids is 1. The topological polar surface area (TPSA) is 17.1 Å². The lowest BCUT2D eigenvalue weighted by Crippen LogP contribution is -2.20. The fourth-order valence-electron chi connectivity index (χ4n) is 2.78. The van der Waals surface area contributed by atoms with Crippen molar-refractivity contribution in [2.45, 2.75) is 25.7 Å². The Morgan fingerprint density at radius 1 is 1.26 bits per heavy atom. The minimum atomic E-state index is 0.185. The van der Waals surface area contributed by atoms with Gasteiger partial charge in [-0.25, -0.2) is 0 Å². The number of hydrogen-bond acceptors (Lipinski definition) is 1. The number of hydrogen-bond donors (Lipinski definition) is 0. The Kier molecular flexibility index (Phi) is 3.16. The molecule has 1 aliphatic rings. The second-order valence-corrected chi connectivity index (χ2v) is 5.68. The van der Waals surface area contributed by atoms with E-state index in [0.29, 0.717) is 17.4 Å². The molecule has 0 spiro atoms. The minimum absolute atomic E-state index is 0.185. The smallest absolute Gasteiger partial charge is 0.163 e. The van der Waals surface area contributed by atoms with E-state index in [0.717, 1.165) is 17.5 Å². The normalized spacial score (nSPS) is 16.6. The summed E-state index contributed by atoms with van der Waals surface area (Å²) in [5, 5.41) is 0.636. The van der Waals surface area contributed by atoms with Gasteiger partial charge in [0, 0.05) is 17.0 Å². The van der Waals surface area contributed by atoms with E-state index < -0.39 is 0 Å². The van der Waals surface area contributed by atoms with Gasteiger partial charge in [0.05, 0.1) is 0 Å². The third-order valence-electron chi connectivity index (χ3n) is 3.76. The summed E-state index contributed by atoms with van der Waals surface area (Å²) in [6, 6.07) is 13.9. The molecule has 3 rings (SSSR count). The third kappa shape index (κ3) is 2.43. The van der Waals surface area contributed by atoms with E-state index in [4.69, 9.17) is 11.6 Å². The molecule has 96 valence electrons. The van der Waals surface area contributed by atoms with Gasteiger partial charge < -0.3 is 0 Å². The number of aryl methyl sites for hydroxylation is 1. The molecule has 0 saturated heterocycles. The lowest BCUT2D eigenvalue weighted by molar-refractivity contribution is 0.0970. The van der Waals surface area contributed by atoms with Crippen molar-refractivity contribution < 1.29 is 4.79 Å². The molecular formula is C17H15ClO. The van der Waals surface area contributed by atoms with Crippen LogP contribution in [0, 0.1) is 6.92 Å². The van der Waals surface area contributed by atoms with Gasteiger partial charge in [-0.15, -0.1) is 0 Å². The number of rotatable bonds is 3. The number of ketones is 1. The Morgan fingerprint density at radius 2 is 2.05 bits per heavy atom. The Balaban J connectivity index is 1.77. The van der Waals surface area contributed by atoms with Crippen LogP contribution in [-0.4, -0.2) is 5.78 Å². The summed E-state index contributed by atoms with van der Waals surface area (Å²) in [7, 11) is 0. The highest BCUT2D eigenvalue weighted by atomic mass is 35.5. The maximum Gasteiger partial charge on any atom is 0.163 e. The van der Waals surface area contributed by atoms with Crippen LogP contribution in [0.3, 0.4) is 0 Å². The number of Topliss-reactive ketones (excluding diaryl/α,β-unsaturated/α-hetero) is 1. The van der Waals surface area contributed by atoms with Crippen LogP contribution >= 0.6 is 11.6 Å². The Morgan fingerprint density at radius 3 is 2.79 bits per heavy atom. The molecule has 2 heteroatoms. The summed E-state index contributed by atoms with van der Waals surface area (Å²) >= 11 is 6.01. The summed E-state index contributed by atoms with van der Waals surface area (Å²) in [5.74, 6) is 0.563. The molecule has 0 fully saturated rings. The van der Waals surface area contributed by atoms with E-state index >= 15 is 0 Å². The number of halogens is 1. The standard InChI is InChI=1S/C17H15ClO/c1-11-6-14(9-15(18)7-11)17(19)10-13-8-12-4-2-3-5-16(12)13/h2-7,9,13H,8,10H2,1H3. The van der Waals surface area contributed by atoms with Crippen LogP contribution in [0.1, 0.15) is 39.4 Å². The summed E-state index contributed by atoms with van der Waals surface area (Å²) in [6.45, 7) is 1.96. The van der Waals surface area contributed by atoms with Gasteiger partial charge in [-0.2, -0.15) is 0 Å². The van der Waals surface area contributed by atoms with Gasteiger partial charge in [0.25, 0.3) is 0 Å². The van der Waals surface area contributed by atoms with Gasteiger partial charge in [-0.1, -0.05) is 35.9 Å². The zero-order valence-corrected chi connectivity index (χ0v) is 11.6. The van der Waals surface area contributed by atoms with Crippen LogP contribution in [0.15, 0.2) is 42.5 Å². The molecule has 0 bridgehead atoms. The largest absolute Gasteiger partial charge is 0.294 e. The van der Waals surface area contributed by atoms with Crippen LogP contribution in [-0.2, 0) is 6.42 Å². The van der Waals surface area contributed by atoms with Crippen LogP contribution < -0.4 is 0 Å². The van der Waals surface area contributed by atoms with Crippen LogP contribution in [0.5, 0.6) is 0 Å². The molecule has 1 unspecified atom stereocenters. The molecule has 0 aliphatic heterocycles. The monoisotopic (exact) mass is 270 g/mol. The van der Waals surface area contributed by atoms with E-state index in [2.05, 4.69) is 18.2 Å². The third-order valence-corrected chi connectivity index (χ3v) is 3.98. The van der Waals surface area contributed by atoms with Crippen LogP contribution in [0.2, 0.25) is 5.02 Å². The average molecular weight is 271 g/mol. The summed E-state index contributed by atoms with van der Waals surface area (Å²) < 4.78 is 0. The predicted molar refractivity (Wildman–Crippen MR) is 78.0 cm³/mol. The van der Waals surface area contributed by atoms with E-state index in [9.17, 15) is 4.79 Å². The number of carbonyl (C=O) groups is 1. The molecule has 1 nitrogen and oxygen atoms in total. The van der Waals surface area contributed by atoms with Crippen molar-refractivity contribution in [2.75, 3.05) is 0 Å². The molecule has 0 saturated carbocycles. The first-order chi connectivity index (χ1) is 9.13. The van der Waals surface area contributed by atoms with Gasteiger partial charge in [-0.05, 0) is 54.2 Å². The summed E-state index contributed by atoms with van der Waals surface area (Å²) in [6.07, 6.45) is 1.60. The first-order valence-corrected chi connectivity index (χ1v) is 6.89. The zero-order valence-electron chi connectivity index (χ0n) is 10.8. The maximum atomic E-state index is 12.3. The van der Waals surface area contributed by atoms with Gasteiger partial charge in [0.2, 0.25) is 0 Å². The van der Waals surface area contributed by atoms with Crippen LogP contribution in [0.4, 0.5) is 0 Å². The van der Waals surface area contributed by atoms with Crippen molar-refractivity contribution in [1.29, 1.82) is 0 Å². The van der Waals surface area contributed by atoms with Crippen molar-refractivity contribution in [3.05, 3.63) is 69.7 Å². The Labute approximate surface area is 118 Å². The Hall–Kier alpha value is -1.60. The molecule has 0 radical (unpaired) electrons. The molecule has 0 N–H and O–H groups in total. The van der Waals surface area contributed by atoms with Crippen molar-refractivity contribution in [1.82, 2.24) is 0 Å². The van der Waals surface area contributed by atoms with Gasteiger partial charge >= 0.3 is 0 Å². The van der Waals surface area contributed by atoms with E-state index in [1.165, 1.54) is 11.1 Å². The minimum Gasteiger partial charge on any atom is -0.294 e.